The molecule has 6 nitrogen and oxygen atoms in total. The van der Waals surface area contributed by atoms with Crippen LogP contribution in [0.1, 0.15) is 17.4 Å². The molecule has 0 unspecified atom stereocenters. The Kier molecular flexibility index (Phi) is 4.07. The van der Waals surface area contributed by atoms with E-state index in [1.165, 1.54) is 0 Å². The second-order valence-corrected chi connectivity index (χ2v) is 4.99. The van der Waals surface area contributed by atoms with E-state index in [2.05, 4.69) is 15.6 Å². The minimum atomic E-state index is -0.375. The van der Waals surface area contributed by atoms with E-state index in [0.29, 0.717) is 23.2 Å². The molecule has 18 heavy (non-hydrogen) atoms. The molecule has 0 spiro atoms. The van der Waals surface area contributed by atoms with Crippen molar-refractivity contribution in [1.29, 1.82) is 0 Å². The van der Waals surface area contributed by atoms with E-state index in [4.69, 9.17) is 17.0 Å². The van der Waals surface area contributed by atoms with Crippen molar-refractivity contribution in [1.82, 2.24) is 14.9 Å². The first kappa shape index (κ1) is 13.2. The Labute approximate surface area is 114 Å². The van der Waals surface area contributed by atoms with E-state index in [9.17, 15) is 4.79 Å². The van der Waals surface area contributed by atoms with Gasteiger partial charge in [0.1, 0.15) is 0 Å². The molecule has 1 aliphatic rings. The molecule has 0 atom stereocenters. The van der Waals surface area contributed by atoms with Gasteiger partial charge in [-0.25, -0.2) is 9.78 Å². The molecule has 8 heteroatoms. The number of fused-ring (bicyclic) bond motifs is 1. The average molecular weight is 286 g/mol. The fourth-order valence-corrected chi connectivity index (χ4v) is 2.69. The van der Waals surface area contributed by atoms with Crippen molar-refractivity contribution in [3.8, 4) is 0 Å². The van der Waals surface area contributed by atoms with E-state index in [1.807, 2.05) is 4.57 Å². The predicted octanol–water partition coefficient (Wildman–Crippen LogP) is 1.08. The molecule has 2 rings (SSSR count). The normalized spacial score (nSPS) is 13.0. The summed E-state index contributed by atoms with van der Waals surface area (Å²) in [7, 11) is 1.71. The molecule has 0 saturated carbocycles. The Morgan fingerprint density at radius 1 is 1.67 bits per heavy atom. The molecule has 0 aliphatic carbocycles. The first-order valence-electron chi connectivity index (χ1n) is 5.56. The standard InChI is InChI=1S/C10H14N4O2S2/c1-3-16-8(15)6-7(12-9(17)11-2)13-10-14(6)4-5-18-10/h3-5H2,1-2H3,(H2,11,12,17). The maximum absolute atomic E-state index is 12.0. The number of carbonyl (C=O) groups is 1. The van der Waals surface area contributed by atoms with Gasteiger partial charge in [0.25, 0.3) is 0 Å². The summed E-state index contributed by atoms with van der Waals surface area (Å²) in [4.78, 5) is 16.3. The maximum Gasteiger partial charge on any atom is 0.358 e. The van der Waals surface area contributed by atoms with Crippen molar-refractivity contribution in [2.45, 2.75) is 18.6 Å². The van der Waals surface area contributed by atoms with E-state index >= 15 is 0 Å². The fourth-order valence-electron chi connectivity index (χ4n) is 1.64. The van der Waals surface area contributed by atoms with Crippen LogP contribution < -0.4 is 10.6 Å². The lowest BCUT2D eigenvalue weighted by Crippen LogP contribution is -2.26. The fraction of sp³-hybridized carbons (Fsp3) is 0.500. The number of ether oxygens (including phenoxy) is 1. The summed E-state index contributed by atoms with van der Waals surface area (Å²) < 4.78 is 6.92. The molecule has 0 fully saturated rings. The van der Waals surface area contributed by atoms with Gasteiger partial charge in [-0.3, -0.25) is 0 Å². The van der Waals surface area contributed by atoms with Gasteiger partial charge in [0.05, 0.1) is 6.61 Å². The highest BCUT2D eigenvalue weighted by molar-refractivity contribution is 7.99. The first-order valence-corrected chi connectivity index (χ1v) is 6.96. The number of anilines is 1. The largest absolute Gasteiger partial charge is 0.461 e. The number of hydrogen-bond donors (Lipinski definition) is 2. The summed E-state index contributed by atoms with van der Waals surface area (Å²) in [5.41, 5.74) is 0.439. The number of nitrogens with zero attached hydrogens (tertiary/aromatic N) is 2. The van der Waals surface area contributed by atoms with Gasteiger partial charge >= 0.3 is 5.97 Å². The van der Waals surface area contributed by atoms with E-state index in [1.54, 1.807) is 25.7 Å². The van der Waals surface area contributed by atoms with Crippen LogP contribution in [-0.4, -0.2) is 40.0 Å². The quantitative estimate of drug-likeness (QED) is 0.636. The minimum absolute atomic E-state index is 0.336. The van der Waals surface area contributed by atoms with Gasteiger partial charge in [0.15, 0.2) is 21.8 Å². The minimum Gasteiger partial charge on any atom is -0.461 e. The molecular formula is C10H14N4O2S2. The third-order valence-electron chi connectivity index (χ3n) is 2.41. The Morgan fingerprint density at radius 3 is 3.11 bits per heavy atom. The summed E-state index contributed by atoms with van der Waals surface area (Å²) in [6.07, 6.45) is 0. The number of aromatic nitrogens is 2. The molecule has 1 aromatic rings. The molecule has 0 aromatic carbocycles. The summed E-state index contributed by atoms with van der Waals surface area (Å²) in [6.45, 7) is 2.87. The van der Waals surface area contributed by atoms with Crippen LogP contribution in [0.5, 0.6) is 0 Å². The molecule has 1 aliphatic heterocycles. The highest BCUT2D eigenvalue weighted by Gasteiger charge is 2.27. The molecule has 98 valence electrons. The van der Waals surface area contributed by atoms with Gasteiger partial charge in [-0.2, -0.15) is 0 Å². The van der Waals surface area contributed by atoms with Gasteiger partial charge in [-0.05, 0) is 19.1 Å². The number of thioether (sulfide) groups is 1. The van der Waals surface area contributed by atoms with Crippen LogP contribution in [0.25, 0.3) is 0 Å². The van der Waals surface area contributed by atoms with E-state index in [-0.39, 0.29) is 5.97 Å². The monoisotopic (exact) mass is 286 g/mol. The van der Waals surface area contributed by atoms with E-state index in [0.717, 1.165) is 17.5 Å². The van der Waals surface area contributed by atoms with Gasteiger partial charge < -0.3 is 19.9 Å². The molecule has 2 N–H and O–H groups in total. The third kappa shape index (κ3) is 2.44. The smallest absolute Gasteiger partial charge is 0.358 e. The van der Waals surface area contributed by atoms with Crippen molar-refractivity contribution >= 4 is 40.9 Å². The van der Waals surface area contributed by atoms with E-state index < -0.39 is 0 Å². The SMILES string of the molecule is CCOC(=O)c1c(NC(=S)NC)nc2n1CCS2. The highest BCUT2D eigenvalue weighted by Crippen LogP contribution is 2.31. The second kappa shape index (κ2) is 5.57. The van der Waals surface area contributed by atoms with Crippen LogP contribution in [-0.2, 0) is 11.3 Å². The Hall–Kier alpha value is -1.28. The zero-order chi connectivity index (χ0) is 13.1. The van der Waals surface area contributed by atoms with Gasteiger partial charge in [-0.15, -0.1) is 0 Å². The molecule has 0 radical (unpaired) electrons. The lowest BCUT2D eigenvalue weighted by Gasteiger charge is -2.08. The van der Waals surface area contributed by atoms with Gasteiger partial charge in [0.2, 0.25) is 0 Å². The first-order chi connectivity index (χ1) is 8.67. The number of imidazole rings is 1. The maximum atomic E-state index is 12.0. The Bertz CT molecular complexity index is 486. The van der Waals surface area contributed by atoms with Crippen molar-refractivity contribution in [3.63, 3.8) is 0 Å². The summed E-state index contributed by atoms with van der Waals surface area (Å²) in [6, 6.07) is 0. The van der Waals surface area contributed by atoms with Crippen LogP contribution >= 0.6 is 24.0 Å². The number of thiocarbonyl (C=S) groups is 1. The number of nitrogens with one attached hydrogen (secondary N) is 2. The molecule has 0 bridgehead atoms. The highest BCUT2D eigenvalue weighted by atomic mass is 32.2. The van der Waals surface area contributed by atoms with Crippen molar-refractivity contribution in [2.24, 2.45) is 0 Å². The summed E-state index contributed by atoms with van der Waals surface area (Å²) >= 11 is 6.64. The Morgan fingerprint density at radius 2 is 2.44 bits per heavy atom. The van der Waals surface area contributed by atoms with Crippen molar-refractivity contribution < 1.29 is 9.53 Å². The van der Waals surface area contributed by atoms with Crippen molar-refractivity contribution in [2.75, 3.05) is 24.7 Å². The van der Waals surface area contributed by atoms with Crippen LogP contribution in [0, 0.1) is 0 Å². The van der Waals surface area contributed by atoms with Crippen LogP contribution in [0.4, 0.5) is 5.82 Å². The average Bonchev–Trinajstić information content (AvgIpc) is 2.88. The van der Waals surface area contributed by atoms with Gasteiger partial charge in [0, 0.05) is 19.3 Å². The van der Waals surface area contributed by atoms with Crippen LogP contribution in [0.3, 0.4) is 0 Å². The molecule has 2 heterocycles. The molecule has 0 amide bonds. The predicted molar refractivity (Wildman–Crippen MR) is 74.2 cm³/mol. The van der Waals surface area contributed by atoms with Gasteiger partial charge in [-0.1, -0.05) is 11.8 Å². The molecule has 1 aromatic heterocycles. The number of carbonyl (C=O) groups excluding carboxylic acids is 1. The number of hydrogen-bond acceptors (Lipinski definition) is 5. The second-order valence-electron chi connectivity index (χ2n) is 3.52. The third-order valence-corrected chi connectivity index (χ3v) is 3.67. The van der Waals surface area contributed by atoms with Crippen LogP contribution in [0.2, 0.25) is 0 Å². The van der Waals surface area contributed by atoms with Crippen LogP contribution in [0.15, 0.2) is 5.16 Å². The summed E-state index contributed by atoms with van der Waals surface area (Å²) in [5.74, 6) is 1.00. The Balaban J connectivity index is 2.34. The number of rotatable bonds is 3. The van der Waals surface area contributed by atoms with Crippen molar-refractivity contribution in [3.05, 3.63) is 5.69 Å². The topological polar surface area (TPSA) is 68.2 Å². The lowest BCUT2D eigenvalue weighted by molar-refractivity contribution is 0.0514. The zero-order valence-corrected chi connectivity index (χ0v) is 11.8. The summed E-state index contributed by atoms with van der Waals surface area (Å²) in [5, 5.41) is 6.93. The molecular weight excluding hydrogens is 272 g/mol. The lowest BCUT2D eigenvalue weighted by atomic mass is 10.4. The molecule has 0 saturated heterocycles. The zero-order valence-electron chi connectivity index (χ0n) is 10.1. The number of esters is 1.